The van der Waals surface area contributed by atoms with E-state index in [4.69, 9.17) is 16.3 Å². The first kappa shape index (κ1) is 16.8. The zero-order valence-electron chi connectivity index (χ0n) is 12.5. The lowest BCUT2D eigenvalue weighted by molar-refractivity contribution is -0.144. The SMILES string of the molecule is COCC(NC(=O)C1(c2ccc(Cl)cc2)CCCC1)C(=O)O. The number of carboxylic acids is 1. The molecule has 0 saturated heterocycles. The van der Waals surface area contributed by atoms with Gasteiger partial charge >= 0.3 is 5.97 Å². The lowest BCUT2D eigenvalue weighted by atomic mass is 9.78. The van der Waals surface area contributed by atoms with Crippen LogP contribution in [0.5, 0.6) is 0 Å². The van der Waals surface area contributed by atoms with Crippen LogP contribution in [0.25, 0.3) is 0 Å². The molecule has 0 bridgehead atoms. The molecule has 0 aromatic heterocycles. The molecule has 1 saturated carbocycles. The summed E-state index contributed by atoms with van der Waals surface area (Å²) in [5, 5.41) is 12.4. The summed E-state index contributed by atoms with van der Waals surface area (Å²) in [6.07, 6.45) is 3.30. The molecule has 0 aliphatic heterocycles. The van der Waals surface area contributed by atoms with Crippen molar-refractivity contribution in [3.8, 4) is 0 Å². The van der Waals surface area contributed by atoms with Gasteiger partial charge in [-0.15, -0.1) is 0 Å². The number of methoxy groups -OCH3 is 1. The summed E-state index contributed by atoms with van der Waals surface area (Å²) in [5.41, 5.74) is 0.208. The molecule has 1 amide bonds. The van der Waals surface area contributed by atoms with Gasteiger partial charge in [0.2, 0.25) is 5.91 Å². The second kappa shape index (κ2) is 7.11. The van der Waals surface area contributed by atoms with Gasteiger partial charge in [-0.25, -0.2) is 4.79 Å². The Bertz CT molecular complexity index is 538. The number of benzene rings is 1. The first-order chi connectivity index (χ1) is 10.5. The standard InChI is InChI=1S/C16H20ClNO4/c1-22-10-13(14(19)20)18-15(21)16(8-2-3-9-16)11-4-6-12(17)7-5-11/h4-7,13H,2-3,8-10H2,1H3,(H,18,21)(H,19,20). The number of ether oxygens (including phenoxy) is 1. The fourth-order valence-electron chi connectivity index (χ4n) is 3.03. The molecule has 1 unspecified atom stereocenters. The van der Waals surface area contributed by atoms with Crippen LogP contribution in [-0.4, -0.2) is 36.7 Å². The molecular formula is C16H20ClNO4. The Morgan fingerprint density at radius 2 is 1.91 bits per heavy atom. The molecule has 6 heteroatoms. The van der Waals surface area contributed by atoms with E-state index in [1.807, 2.05) is 12.1 Å². The Balaban J connectivity index is 2.25. The lowest BCUT2D eigenvalue weighted by Crippen LogP contribution is -2.51. The van der Waals surface area contributed by atoms with Crippen LogP contribution in [0.4, 0.5) is 0 Å². The molecule has 1 fully saturated rings. The Morgan fingerprint density at radius 1 is 1.32 bits per heavy atom. The van der Waals surface area contributed by atoms with Gasteiger partial charge in [0.25, 0.3) is 0 Å². The summed E-state index contributed by atoms with van der Waals surface area (Å²) >= 11 is 5.92. The van der Waals surface area contributed by atoms with Gasteiger partial charge in [-0.2, -0.15) is 0 Å². The summed E-state index contributed by atoms with van der Waals surface area (Å²) in [6.45, 7) is -0.0578. The van der Waals surface area contributed by atoms with Crippen molar-refractivity contribution in [1.82, 2.24) is 5.32 Å². The van der Waals surface area contributed by atoms with E-state index in [0.29, 0.717) is 17.9 Å². The monoisotopic (exact) mass is 325 g/mol. The van der Waals surface area contributed by atoms with Gasteiger partial charge in [0.15, 0.2) is 6.04 Å². The summed E-state index contributed by atoms with van der Waals surface area (Å²) < 4.78 is 4.87. The Morgan fingerprint density at radius 3 is 2.41 bits per heavy atom. The Hall–Kier alpha value is -1.59. The number of carbonyl (C=O) groups excluding carboxylic acids is 1. The van der Waals surface area contributed by atoms with Crippen molar-refractivity contribution in [3.63, 3.8) is 0 Å². The van der Waals surface area contributed by atoms with Crippen molar-refractivity contribution >= 4 is 23.5 Å². The number of hydrogen-bond acceptors (Lipinski definition) is 3. The van der Waals surface area contributed by atoms with Crippen LogP contribution in [0, 0.1) is 0 Å². The smallest absolute Gasteiger partial charge is 0.328 e. The summed E-state index contributed by atoms with van der Waals surface area (Å²) in [6, 6.07) is 6.17. The highest BCUT2D eigenvalue weighted by Crippen LogP contribution is 2.41. The number of hydrogen-bond donors (Lipinski definition) is 2. The summed E-state index contributed by atoms with van der Waals surface area (Å²) in [4.78, 5) is 24.0. The molecule has 5 nitrogen and oxygen atoms in total. The van der Waals surface area contributed by atoms with Crippen LogP contribution >= 0.6 is 11.6 Å². The highest BCUT2D eigenvalue weighted by atomic mass is 35.5. The van der Waals surface area contributed by atoms with E-state index in [-0.39, 0.29) is 12.5 Å². The van der Waals surface area contributed by atoms with E-state index in [0.717, 1.165) is 18.4 Å². The molecule has 1 atom stereocenters. The molecule has 1 aromatic rings. The number of carboxylic acid groups (broad SMARTS) is 1. The second-order valence-electron chi connectivity index (χ2n) is 5.62. The predicted molar refractivity (Wildman–Crippen MR) is 83.0 cm³/mol. The van der Waals surface area contributed by atoms with E-state index in [2.05, 4.69) is 5.32 Å². The largest absolute Gasteiger partial charge is 0.480 e. The minimum Gasteiger partial charge on any atom is -0.480 e. The molecule has 0 spiro atoms. The van der Waals surface area contributed by atoms with Gasteiger partial charge in [-0.1, -0.05) is 36.6 Å². The minimum absolute atomic E-state index is 0.0578. The summed E-state index contributed by atoms with van der Waals surface area (Å²) in [7, 11) is 1.41. The van der Waals surface area contributed by atoms with Crippen molar-refractivity contribution in [2.75, 3.05) is 13.7 Å². The van der Waals surface area contributed by atoms with Crippen LogP contribution in [0.3, 0.4) is 0 Å². The van der Waals surface area contributed by atoms with Crippen molar-refractivity contribution < 1.29 is 19.4 Å². The van der Waals surface area contributed by atoms with Crippen molar-refractivity contribution in [2.45, 2.75) is 37.1 Å². The first-order valence-electron chi connectivity index (χ1n) is 7.28. The van der Waals surface area contributed by atoms with Gasteiger partial charge in [0.1, 0.15) is 0 Å². The maximum Gasteiger partial charge on any atom is 0.328 e. The normalized spacial score (nSPS) is 17.9. The zero-order valence-corrected chi connectivity index (χ0v) is 13.2. The highest BCUT2D eigenvalue weighted by Gasteiger charge is 2.43. The van der Waals surface area contributed by atoms with Crippen molar-refractivity contribution in [3.05, 3.63) is 34.9 Å². The van der Waals surface area contributed by atoms with E-state index in [1.54, 1.807) is 12.1 Å². The van der Waals surface area contributed by atoms with Crippen LogP contribution in [0.2, 0.25) is 5.02 Å². The second-order valence-corrected chi connectivity index (χ2v) is 6.05. The minimum atomic E-state index is -1.10. The number of aliphatic carboxylic acids is 1. The van der Waals surface area contributed by atoms with Gasteiger partial charge in [-0.05, 0) is 30.5 Å². The molecule has 120 valence electrons. The fourth-order valence-corrected chi connectivity index (χ4v) is 3.16. The van der Waals surface area contributed by atoms with Gasteiger partial charge in [-0.3, -0.25) is 4.79 Å². The molecule has 2 rings (SSSR count). The topological polar surface area (TPSA) is 75.6 Å². The van der Waals surface area contributed by atoms with E-state index < -0.39 is 17.4 Å². The van der Waals surface area contributed by atoms with Crippen molar-refractivity contribution in [1.29, 1.82) is 0 Å². The Labute approximate surface area is 134 Å². The molecule has 2 N–H and O–H groups in total. The lowest BCUT2D eigenvalue weighted by Gasteiger charge is -2.30. The van der Waals surface area contributed by atoms with Gasteiger partial charge in [0.05, 0.1) is 12.0 Å². The third-order valence-corrected chi connectivity index (χ3v) is 4.48. The molecule has 1 aliphatic rings. The molecule has 1 aliphatic carbocycles. The van der Waals surface area contributed by atoms with E-state index in [9.17, 15) is 14.7 Å². The third-order valence-electron chi connectivity index (χ3n) is 4.23. The maximum absolute atomic E-state index is 12.8. The molecular weight excluding hydrogens is 306 g/mol. The maximum atomic E-state index is 12.8. The van der Waals surface area contributed by atoms with Crippen LogP contribution in [0.1, 0.15) is 31.2 Å². The average Bonchev–Trinajstić information content (AvgIpc) is 2.98. The summed E-state index contributed by atoms with van der Waals surface area (Å²) in [5.74, 6) is -1.35. The predicted octanol–water partition coefficient (Wildman–Crippen LogP) is 2.37. The van der Waals surface area contributed by atoms with Gasteiger partial charge in [0, 0.05) is 12.1 Å². The van der Waals surface area contributed by atoms with Gasteiger partial charge < -0.3 is 15.2 Å². The molecule has 0 radical (unpaired) electrons. The number of carbonyl (C=O) groups is 2. The quantitative estimate of drug-likeness (QED) is 0.842. The van der Waals surface area contributed by atoms with Crippen LogP contribution < -0.4 is 5.32 Å². The number of nitrogens with one attached hydrogen (secondary N) is 1. The number of rotatable bonds is 6. The molecule has 0 heterocycles. The average molecular weight is 326 g/mol. The van der Waals surface area contributed by atoms with Crippen molar-refractivity contribution in [2.24, 2.45) is 0 Å². The third kappa shape index (κ3) is 3.42. The first-order valence-corrected chi connectivity index (χ1v) is 7.66. The fraction of sp³-hybridized carbons (Fsp3) is 0.500. The number of halogens is 1. The van der Waals surface area contributed by atoms with E-state index >= 15 is 0 Å². The number of amides is 1. The van der Waals surface area contributed by atoms with Crippen LogP contribution in [0.15, 0.2) is 24.3 Å². The Kier molecular flexibility index (Phi) is 5.42. The zero-order chi connectivity index (χ0) is 16.2. The molecule has 22 heavy (non-hydrogen) atoms. The van der Waals surface area contributed by atoms with E-state index in [1.165, 1.54) is 7.11 Å². The molecule has 1 aromatic carbocycles. The highest BCUT2D eigenvalue weighted by molar-refractivity contribution is 6.30. The van der Waals surface area contributed by atoms with Crippen LogP contribution in [-0.2, 0) is 19.7 Å².